The van der Waals surface area contributed by atoms with Crippen LogP contribution in [0, 0.1) is 0 Å². The zero-order chi connectivity index (χ0) is 15.9. The number of fused-ring (bicyclic) bond motifs is 1. The largest absolute Gasteiger partial charge is 0.395 e. The Bertz CT molecular complexity index is 600. The number of nitrogens with zero attached hydrogens (tertiary/aromatic N) is 1. The van der Waals surface area contributed by atoms with Crippen molar-refractivity contribution in [2.24, 2.45) is 0 Å². The maximum atomic E-state index is 9.36. The van der Waals surface area contributed by atoms with Gasteiger partial charge < -0.3 is 10.4 Å². The molecule has 2 N–H and O–H groups in total. The lowest BCUT2D eigenvalue weighted by molar-refractivity contribution is 0.190. The Morgan fingerprint density at radius 2 is 1.78 bits per heavy atom. The minimum Gasteiger partial charge on any atom is -0.395 e. The van der Waals surface area contributed by atoms with Crippen LogP contribution >= 0.6 is 0 Å². The number of para-hydroxylation sites is 1. The average Bonchev–Trinajstić information content (AvgIpc) is 2.61. The molecule has 122 valence electrons. The molecule has 0 bridgehead atoms. The maximum Gasteiger partial charge on any atom is 0.0558 e. The number of hydrogen-bond donors (Lipinski definition) is 2. The third-order valence-corrected chi connectivity index (χ3v) is 4.59. The second kappa shape index (κ2) is 8.14. The summed E-state index contributed by atoms with van der Waals surface area (Å²) >= 11 is 0. The van der Waals surface area contributed by atoms with Gasteiger partial charge in [-0.2, -0.15) is 0 Å². The molecule has 23 heavy (non-hydrogen) atoms. The van der Waals surface area contributed by atoms with Crippen LogP contribution in [0.1, 0.15) is 17.5 Å². The molecule has 1 atom stereocenters. The molecule has 1 aliphatic rings. The first-order valence-corrected chi connectivity index (χ1v) is 8.57. The molecule has 0 saturated carbocycles. The fourth-order valence-electron chi connectivity index (χ4n) is 3.32. The van der Waals surface area contributed by atoms with E-state index in [1.54, 1.807) is 0 Å². The van der Waals surface area contributed by atoms with Gasteiger partial charge in [0.1, 0.15) is 0 Å². The summed E-state index contributed by atoms with van der Waals surface area (Å²) in [5.74, 6) is 0. The smallest absolute Gasteiger partial charge is 0.0558 e. The summed E-state index contributed by atoms with van der Waals surface area (Å²) in [6.07, 6.45) is 3.33. The Hall–Kier alpha value is -1.84. The van der Waals surface area contributed by atoms with Crippen LogP contribution in [0.4, 0.5) is 5.69 Å². The van der Waals surface area contributed by atoms with E-state index in [1.165, 1.54) is 16.8 Å². The highest BCUT2D eigenvalue weighted by Gasteiger charge is 2.19. The van der Waals surface area contributed by atoms with Gasteiger partial charge in [0.05, 0.1) is 6.61 Å². The fourth-order valence-corrected chi connectivity index (χ4v) is 3.32. The van der Waals surface area contributed by atoms with Crippen molar-refractivity contribution in [1.82, 2.24) is 4.90 Å². The van der Waals surface area contributed by atoms with E-state index in [2.05, 4.69) is 64.8 Å². The second-order valence-corrected chi connectivity index (χ2v) is 6.30. The predicted molar refractivity (Wildman–Crippen MR) is 95.8 cm³/mol. The molecule has 0 aliphatic carbocycles. The van der Waals surface area contributed by atoms with Crippen LogP contribution in [0.2, 0.25) is 0 Å². The van der Waals surface area contributed by atoms with Crippen LogP contribution in [0.3, 0.4) is 0 Å². The Balaban J connectivity index is 1.55. The van der Waals surface area contributed by atoms with Crippen LogP contribution in [-0.4, -0.2) is 42.3 Å². The Kier molecular flexibility index (Phi) is 5.67. The number of anilines is 1. The Labute approximate surface area is 139 Å². The summed E-state index contributed by atoms with van der Waals surface area (Å²) in [5.41, 5.74) is 4.05. The fraction of sp³-hybridized carbons (Fsp3) is 0.400. The highest BCUT2D eigenvalue weighted by molar-refractivity contribution is 5.53. The summed E-state index contributed by atoms with van der Waals surface area (Å²) in [4.78, 5) is 2.37. The lowest BCUT2D eigenvalue weighted by atomic mass is 9.97. The molecule has 1 unspecified atom stereocenters. The monoisotopic (exact) mass is 310 g/mol. The third kappa shape index (κ3) is 4.57. The second-order valence-electron chi connectivity index (χ2n) is 6.30. The molecule has 0 fully saturated rings. The van der Waals surface area contributed by atoms with Gasteiger partial charge in [-0.1, -0.05) is 48.5 Å². The minimum absolute atomic E-state index is 0.220. The quantitative estimate of drug-likeness (QED) is 0.825. The van der Waals surface area contributed by atoms with E-state index in [9.17, 15) is 5.11 Å². The van der Waals surface area contributed by atoms with Crippen LogP contribution in [0.15, 0.2) is 54.6 Å². The van der Waals surface area contributed by atoms with Crippen molar-refractivity contribution in [1.29, 1.82) is 0 Å². The molecule has 3 rings (SSSR count). The van der Waals surface area contributed by atoms with Crippen LogP contribution in [0.5, 0.6) is 0 Å². The van der Waals surface area contributed by atoms with E-state index in [4.69, 9.17) is 0 Å². The number of aliphatic hydroxyl groups is 1. The van der Waals surface area contributed by atoms with E-state index in [1.807, 2.05) is 0 Å². The minimum atomic E-state index is 0.220. The first-order valence-electron chi connectivity index (χ1n) is 8.57. The van der Waals surface area contributed by atoms with Crippen molar-refractivity contribution in [3.63, 3.8) is 0 Å². The lowest BCUT2D eigenvalue weighted by Crippen LogP contribution is -2.41. The van der Waals surface area contributed by atoms with Crippen molar-refractivity contribution in [2.75, 3.05) is 31.6 Å². The highest BCUT2D eigenvalue weighted by atomic mass is 16.3. The molecular formula is C20H26N2O. The number of benzene rings is 2. The van der Waals surface area contributed by atoms with Gasteiger partial charge >= 0.3 is 0 Å². The molecule has 1 aliphatic heterocycles. The van der Waals surface area contributed by atoms with Gasteiger partial charge in [0, 0.05) is 31.4 Å². The number of aryl methyl sites for hydroxylation is 1. The summed E-state index contributed by atoms with van der Waals surface area (Å²) in [6.45, 7) is 2.94. The molecule has 0 spiro atoms. The zero-order valence-electron chi connectivity index (χ0n) is 13.6. The molecule has 2 aromatic rings. The molecule has 0 saturated heterocycles. The lowest BCUT2D eigenvalue weighted by Gasteiger charge is -2.32. The normalized spacial score (nSPS) is 16.9. The third-order valence-electron chi connectivity index (χ3n) is 4.59. The van der Waals surface area contributed by atoms with Crippen molar-refractivity contribution in [3.05, 3.63) is 65.7 Å². The Morgan fingerprint density at radius 3 is 2.61 bits per heavy atom. The van der Waals surface area contributed by atoms with Gasteiger partial charge in [-0.15, -0.1) is 0 Å². The molecule has 0 radical (unpaired) electrons. The number of nitrogens with one attached hydrogen (secondary N) is 1. The van der Waals surface area contributed by atoms with Crippen molar-refractivity contribution in [2.45, 2.75) is 25.3 Å². The van der Waals surface area contributed by atoms with Crippen molar-refractivity contribution >= 4 is 5.69 Å². The molecule has 0 aromatic heterocycles. The topological polar surface area (TPSA) is 35.5 Å². The Morgan fingerprint density at radius 1 is 1.00 bits per heavy atom. The number of rotatable bonds is 7. The number of hydrogen-bond acceptors (Lipinski definition) is 3. The van der Waals surface area contributed by atoms with Crippen molar-refractivity contribution < 1.29 is 5.11 Å². The number of aliphatic hydroxyl groups excluding tert-OH is 1. The van der Waals surface area contributed by atoms with E-state index >= 15 is 0 Å². The maximum absolute atomic E-state index is 9.36. The summed E-state index contributed by atoms with van der Waals surface area (Å²) in [7, 11) is 0. The van der Waals surface area contributed by atoms with Gasteiger partial charge in [0.2, 0.25) is 0 Å². The first kappa shape index (κ1) is 16.0. The summed E-state index contributed by atoms with van der Waals surface area (Å²) < 4.78 is 0. The van der Waals surface area contributed by atoms with Crippen LogP contribution in [-0.2, 0) is 12.8 Å². The molecule has 3 heteroatoms. The van der Waals surface area contributed by atoms with E-state index < -0.39 is 0 Å². The molecular weight excluding hydrogens is 284 g/mol. The van der Waals surface area contributed by atoms with Gasteiger partial charge in [-0.25, -0.2) is 0 Å². The standard InChI is InChI=1S/C20H26N2O/c23-15-14-22(13-12-17-6-2-1-3-7-17)16-19-11-10-18-8-4-5-9-20(18)21-19/h1-9,19,21,23H,10-16H2. The SMILES string of the molecule is OCCN(CCc1ccccc1)CC1CCc2ccccc2N1. The highest BCUT2D eigenvalue weighted by Crippen LogP contribution is 2.24. The predicted octanol–water partition coefficient (Wildman–Crippen LogP) is 2.95. The van der Waals surface area contributed by atoms with Gasteiger partial charge in [0.25, 0.3) is 0 Å². The van der Waals surface area contributed by atoms with E-state index in [0.717, 1.165) is 38.9 Å². The van der Waals surface area contributed by atoms with Gasteiger partial charge in [0.15, 0.2) is 0 Å². The van der Waals surface area contributed by atoms with Crippen LogP contribution in [0.25, 0.3) is 0 Å². The van der Waals surface area contributed by atoms with Crippen LogP contribution < -0.4 is 5.32 Å². The first-order chi connectivity index (χ1) is 11.3. The summed E-state index contributed by atoms with van der Waals surface area (Å²) in [6, 6.07) is 19.6. The van der Waals surface area contributed by atoms with E-state index in [0.29, 0.717) is 6.04 Å². The average molecular weight is 310 g/mol. The molecule has 2 aromatic carbocycles. The zero-order valence-corrected chi connectivity index (χ0v) is 13.6. The molecule has 3 nitrogen and oxygen atoms in total. The summed E-state index contributed by atoms with van der Waals surface area (Å²) in [5, 5.41) is 13.0. The molecule has 0 amide bonds. The van der Waals surface area contributed by atoms with E-state index in [-0.39, 0.29) is 6.61 Å². The van der Waals surface area contributed by atoms with Gasteiger partial charge in [-0.05, 0) is 36.5 Å². The molecule has 1 heterocycles. The van der Waals surface area contributed by atoms with Gasteiger partial charge in [-0.3, -0.25) is 4.90 Å². The van der Waals surface area contributed by atoms with Crippen molar-refractivity contribution in [3.8, 4) is 0 Å².